The molecule has 0 spiro atoms. The lowest BCUT2D eigenvalue weighted by Crippen LogP contribution is -2.50. The molecule has 0 radical (unpaired) electrons. The Morgan fingerprint density at radius 1 is 1.33 bits per heavy atom. The first-order valence-corrected chi connectivity index (χ1v) is 7.69. The zero-order valence-electron chi connectivity index (χ0n) is 11.9. The van der Waals surface area contributed by atoms with Crippen LogP contribution in [0.1, 0.15) is 58.8 Å². The zero-order chi connectivity index (χ0) is 13.0. The number of hydrogen-bond donors (Lipinski definition) is 2. The monoisotopic (exact) mass is 252 g/mol. The Bertz CT molecular complexity index is 278. The molecular weight excluding hydrogens is 224 g/mol. The van der Waals surface area contributed by atoms with Gasteiger partial charge in [-0.1, -0.05) is 19.8 Å². The predicted molar refractivity (Wildman–Crippen MR) is 74.4 cm³/mol. The van der Waals surface area contributed by atoms with Crippen LogP contribution in [0.15, 0.2) is 0 Å². The molecule has 1 saturated carbocycles. The topological polar surface area (TPSA) is 41.1 Å². The van der Waals surface area contributed by atoms with E-state index in [4.69, 9.17) is 0 Å². The van der Waals surface area contributed by atoms with Crippen molar-refractivity contribution < 1.29 is 4.79 Å². The van der Waals surface area contributed by atoms with Gasteiger partial charge in [0, 0.05) is 6.04 Å². The molecule has 18 heavy (non-hydrogen) atoms. The molecule has 2 rings (SSSR count). The molecule has 1 aliphatic heterocycles. The van der Waals surface area contributed by atoms with Crippen molar-refractivity contribution in [2.24, 2.45) is 11.3 Å². The van der Waals surface area contributed by atoms with Gasteiger partial charge in [-0.2, -0.15) is 0 Å². The maximum atomic E-state index is 12.6. The van der Waals surface area contributed by atoms with Crippen molar-refractivity contribution in [1.82, 2.24) is 10.6 Å². The number of hydrogen-bond acceptors (Lipinski definition) is 2. The second-order valence-corrected chi connectivity index (χ2v) is 6.19. The molecular formula is C15H28N2O. The smallest absolute Gasteiger partial charge is 0.226 e. The fourth-order valence-electron chi connectivity index (χ4n) is 3.58. The van der Waals surface area contributed by atoms with Gasteiger partial charge in [0.25, 0.3) is 0 Å². The fourth-order valence-corrected chi connectivity index (χ4v) is 3.58. The molecule has 1 unspecified atom stereocenters. The summed E-state index contributed by atoms with van der Waals surface area (Å²) < 4.78 is 0. The van der Waals surface area contributed by atoms with Crippen LogP contribution in [0.4, 0.5) is 0 Å². The van der Waals surface area contributed by atoms with E-state index in [1.807, 2.05) is 0 Å². The van der Waals surface area contributed by atoms with E-state index in [0.29, 0.717) is 17.9 Å². The van der Waals surface area contributed by atoms with Crippen molar-refractivity contribution in [1.29, 1.82) is 0 Å². The summed E-state index contributed by atoms with van der Waals surface area (Å²) in [5.74, 6) is 1.02. The van der Waals surface area contributed by atoms with Crippen LogP contribution in [-0.2, 0) is 4.79 Å². The second kappa shape index (κ2) is 6.05. The lowest BCUT2D eigenvalue weighted by atomic mass is 9.75. The lowest BCUT2D eigenvalue weighted by Gasteiger charge is -2.37. The van der Waals surface area contributed by atoms with Crippen molar-refractivity contribution in [2.75, 3.05) is 13.1 Å². The molecule has 2 N–H and O–H groups in total. The van der Waals surface area contributed by atoms with E-state index in [0.717, 1.165) is 32.4 Å². The molecule has 1 saturated heterocycles. The van der Waals surface area contributed by atoms with Crippen LogP contribution >= 0.6 is 0 Å². The summed E-state index contributed by atoms with van der Waals surface area (Å²) in [4.78, 5) is 12.6. The summed E-state index contributed by atoms with van der Waals surface area (Å²) in [6.45, 7) is 6.32. The Morgan fingerprint density at radius 2 is 1.94 bits per heavy atom. The van der Waals surface area contributed by atoms with Crippen molar-refractivity contribution in [3.05, 3.63) is 0 Å². The van der Waals surface area contributed by atoms with Gasteiger partial charge in [0.1, 0.15) is 0 Å². The summed E-state index contributed by atoms with van der Waals surface area (Å²) in [7, 11) is 0. The van der Waals surface area contributed by atoms with Gasteiger partial charge in [0.2, 0.25) is 5.91 Å². The first-order valence-electron chi connectivity index (χ1n) is 7.69. The fraction of sp³-hybridized carbons (Fsp3) is 0.933. The number of piperidine rings is 1. The van der Waals surface area contributed by atoms with Gasteiger partial charge in [-0.25, -0.2) is 0 Å². The Hall–Kier alpha value is -0.570. The van der Waals surface area contributed by atoms with Gasteiger partial charge in [-0.15, -0.1) is 0 Å². The third kappa shape index (κ3) is 2.87. The van der Waals surface area contributed by atoms with Crippen molar-refractivity contribution in [3.8, 4) is 0 Å². The average Bonchev–Trinajstić information content (AvgIpc) is 2.93. The highest BCUT2D eigenvalue weighted by Gasteiger charge is 2.38. The average molecular weight is 252 g/mol. The largest absolute Gasteiger partial charge is 0.353 e. The van der Waals surface area contributed by atoms with Crippen LogP contribution in [0, 0.1) is 11.3 Å². The van der Waals surface area contributed by atoms with Crippen molar-refractivity contribution >= 4 is 5.91 Å². The number of rotatable bonds is 4. The normalized spacial score (nSPS) is 25.9. The lowest BCUT2D eigenvalue weighted by molar-refractivity contribution is -0.133. The predicted octanol–water partition coefficient (Wildman–Crippen LogP) is 2.46. The molecule has 0 aromatic carbocycles. The molecule has 3 nitrogen and oxygen atoms in total. The van der Waals surface area contributed by atoms with Gasteiger partial charge in [-0.3, -0.25) is 4.79 Å². The molecule has 2 aliphatic rings. The van der Waals surface area contributed by atoms with Gasteiger partial charge in [0.15, 0.2) is 0 Å². The van der Waals surface area contributed by atoms with Gasteiger partial charge in [-0.05, 0) is 58.0 Å². The van der Waals surface area contributed by atoms with Crippen LogP contribution in [-0.4, -0.2) is 25.0 Å². The number of carbonyl (C=O) groups excluding carboxylic acids is 1. The first-order chi connectivity index (χ1) is 8.68. The highest BCUT2D eigenvalue weighted by Crippen LogP contribution is 2.34. The van der Waals surface area contributed by atoms with E-state index >= 15 is 0 Å². The zero-order valence-corrected chi connectivity index (χ0v) is 11.9. The summed E-state index contributed by atoms with van der Waals surface area (Å²) in [6, 6.07) is 0.360. The standard InChI is InChI=1S/C15H28N2O/c1-3-15(8-10-16-11-9-15)14(18)17-12(2)13-6-4-5-7-13/h12-13,16H,3-11H2,1-2H3,(H,17,18). The van der Waals surface area contributed by atoms with Crippen molar-refractivity contribution in [2.45, 2.75) is 64.8 Å². The molecule has 0 bridgehead atoms. The van der Waals surface area contributed by atoms with E-state index in [2.05, 4.69) is 24.5 Å². The molecule has 1 aliphatic carbocycles. The molecule has 1 heterocycles. The van der Waals surface area contributed by atoms with Crippen LogP contribution in [0.5, 0.6) is 0 Å². The van der Waals surface area contributed by atoms with E-state index in [1.54, 1.807) is 0 Å². The first kappa shape index (κ1) is 13.9. The molecule has 0 aromatic heterocycles. The molecule has 104 valence electrons. The Kier molecular flexibility index (Phi) is 4.66. The van der Waals surface area contributed by atoms with Gasteiger partial charge < -0.3 is 10.6 Å². The number of carbonyl (C=O) groups is 1. The molecule has 1 amide bonds. The maximum absolute atomic E-state index is 12.6. The Balaban J connectivity index is 1.92. The minimum Gasteiger partial charge on any atom is -0.353 e. The van der Waals surface area contributed by atoms with E-state index in [-0.39, 0.29) is 5.41 Å². The van der Waals surface area contributed by atoms with Crippen LogP contribution < -0.4 is 10.6 Å². The number of nitrogens with one attached hydrogen (secondary N) is 2. The minimum atomic E-state index is -0.0991. The summed E-state index contributed by atoms with van der Waals surface area (Å²) in [6.07, 6.45) is 8.23. The summed E-state index contributed by atoms with van der Waals surface area (Å²) in [5, 5.41) is 6.67. The Labute approximate surface area is 111 Å². The minimum absolute atomic E-state index is 0.0991. The molecule has 3 heteroatoms. The SMILES string of the molecule is CCC1(C(=O)NC(C)C2CCCC2)CCNCC1. The van der Waals surface area contributed by atoms with Crippen LogP contribution in [0.2, 0.25) is 0 Å². The van der Waals surface area contributed by atoms with Crippen LogP contribution in [0.3, 0.4) is 0 Å². The second-order valence-electron chi connectivity index (χ2n) is 6.19. The summed E-state index contributed by atoms with van der Waals surface area (Å²) >= 11 is 0. The quantitative estimate of drug-likeness (QED) is 0.807. The molecule has 0 aromatic rings. The third-order valence-electron chi connectivity index (χ3n) is 5.18. The highest BCUT2D eigenvalue weighted by atomic mass is 16.2. The van der Waals surface area contributed by atoms with E-state index < -0.39 is 0 Å². The van der Waals surface area contributed by atoms with Crippen LogP contribution in [0.25, 0.3) is 0 Å². The summed E-state index contributed by atoms with van der Waals surface area (Å²) in [5.41, 5.74) is -0.0991. The van der Waals surface area contributed by atoms with E-state index in [9.17, 15) is 4.79 Å². The highest BCUT2D eigenvalue weighted by molar-refractivity contribution is 5.83. The maximum Gasteiger partial charge on any atom is 0.226 e. The van der Waals surface area contributed by atoms with Gasteiger partial charge in [0.05, 0.1) is 5.41 Å². The van der Waals surface area contributed by atoms with Crippen molar-refractivity contribution in [3.63, 3.8) is 0 Å². The number of amides is 1. The van der Waals surface area contributed by atoms with Gasteiger partial charge >= 0.3 is 0 Å². The van der Waals surface area contributed by atoms with E-state index in [1.165, 1.54) is 25.7 Å². The third-order valence-corrected chi connectivity index (χ3v) is 5.18. The molecule has 2 fully saturated rings. The molecule has 1 atom stereocenters. The Morgan fingerprint density at radius 3 is 2.50 bits per heavy atom.